The first kappa shape index (κ1) is 54.8. The first-order valence-corrected chi connectivity index (χ1v) is 14.6. The maximum atomic E-state index is 10.0. The Morgan fingerprint density at radius 3 is 1.19 bits per heavy atom. The summed E-state index contributed by atoms with van der Waals surface area (Å²) in [4.78, 5) is 23.1. The van der Waals surface area contributed by atoms with E-state index in [1.165, 1.54) is 19.6 Å². The number of carbonyl (C=O) groups excluding carboxylic acids is 2. The molecule has 12 heteroatoms. The summed E-state index contributed by atoms with van der Waals surface area (Å²) in [5.41, 5.74) is 14.5. The maximum absolute atomic E-state index is 10.0. The Morgan fingerprint density at radius 2 is 1.19 bits per heavy atom. The van der Waals surface area contributed by atoms with Crippen LogP contribution < -0.4 is 22.5 Å². The summed E-state index contributed by atoms with van der Waals surface area (Å²) >= 11 is 0. The molecular weight excluding hydrogens is 486 g/mol. The zero-order chi connectivity index (χ0) is 31.2. The van der Waals surface area contributed by atoms with Gasteiger partial charge in [0.2, 0.25) is 11.8 Å². The summed E-state index contributed by atoms with van der Waals surface area (Å²) in [6.45, 7) is 23.9. The van der Waals surface area contributed by atoms with Crippen LogP contribution in [0.4, 0.5) is 0 Å². The van der Waals surface area contributed by atoms with Crippen molar-refractivity contribution in [1.82, 2.24) is 5.32 Å². The lowest BCUT2D eigenvalue weighted by Crippen LogP contribution is -2.22. The quantitative estimate of drug-likeness (QED) is 0.221. The van der Waals surface area contributed by atoms with E-state index in [0.29, 0.717) is 13.0 Å². The Labute approximate surface area is 223 Å². The fourth-order valence-electron chi connectivity index (χ4n) is 0.432. The van der Waals surface area contributed by atoms with Crippen LogP contribution in [0.5, 0.6) is 0 Å². The Bertz CT molecular complexity index is 509. The summed E-state index contributed by atoms with van der Waals surface area (Å²) in [6, 6.07) is 0. The van der Waals surface area contributed by atoms with Gasteiger partial charge < -0.3 is 32.7 Å². The summed E-state index contributed by atoms with van der Waals surface area (Å²) in [6.07, 6.45) is 3.66. The molecule has 1 unspecified atom stereocenters. The van der Waals surface area contributed by atoms with Crippen LogP contribution in [0.3, 0.4) is 0 Å². The second kappa shape index (κ2) is 54.1. The molecule has 0 spiro atoms. The van der Waals surface area contributed by atoms with E-state index in [4.69, 9.17) is 21.7 Å². The van der Waals surface area contributed by atoms with E-state index in [2.05, 4.69) is 29.9 Å². The fraction of sp³-hybridized carbons (Fsp3) is 0.875. The molecule has 0 saturated heterocycles. The van der Waals surface area contributed by atoms with Crippen molar-refractivity contribution >= 4 is 27.6 Å². The number of aliphatic hydroxyl groups is 2. The van der Waals surface area contributed by atoms with Crippen molar-refractivity contribution in [3.63, 3.8) is 0 Å². The lowest BCUT2D eigenvalue weighted by molar-refractivity contribution is -0.119. The molecular formula is C24H63N5O6S. The van der Waals surface area contributed by atoms with E-state index in [1.807, 2.05) is 34.6 Å². The highest BCUT2D eigenvalue weighted by Crippen LogP contribution is 1.81. The van der Waals surface area contributed by atoms with Gasteiger partial charge in [0.25, 0.3) is 0 Å². The number of rotatable bonds is 5. The van der Waals surface area contributed by atoms with Crippen LogP contribution in [0.2, 0.25) is 0 Å². The van der Waals surface area contributed by atoms with Gasteiger partial charge in [0.1, 0.15) is 9.84 Å². The van der Waals surface area contributed by atoms with Gasteiger partial charge in [-0.15, -0.1) is 0 Å². The van der Waals surface area contributed by atoms with Gasteiger partial charge in [0.15, 0.2) is 5.96 Å². The molecule has 0 bridgehead atoms. The minimum absolute atomic E-state index is 0.0394. The number of sulfone groups is 1. The molecule has 9 N–H and O–H groups in total. The first-order chi connectivity index (χ1) is 16.5. The van der Waals surface area contributed by atoms with Gasteiger partial charge in [0, 0.05) is 45.0 Å². The standard InChI is InChI=1S/C4H9NO.C4H10O.C3H9N3.C3H7NO.C3H8O2S.C3H8.C2H6O.C2H6/c1-3-5-4(2)6;1-3-4(2)5;1-2-6-3(4)5;1-2-3(4)5;1-3-6(2,4)5;1-3-2;1-2-3;1-2/h3H2,1-2H3,(H,5,6);4-5H,3H2,1-2H3;2H2,1H3,(H4,4,5,6);2H2,1H3,(H2,4,5);3H2,1-2H3;3H2,1-2H3;3H,2H2,1H3;1-2H3. The predicted molar refractivity (Wildman–Crippen MR) is 158 cm³/mol. The molecule has 1 atom stereocenters. The van der Waals surface area contributed by atoms with Gasteiger partial charge in [0.05, 0.1) is 6.10 Å². The summed E-state index contributed by atoms with van der Waals surface area (Å²) in [5.74, 6) is 0.201. The zero-order valence-corrected chi connectivity index (χ0v) is 26.5. The molecule has 0 aromatic carbocycles. The van der Waals surface area contributed by atoms with Crippen molar-refractivity contribution in [2.75, 3.05) is 31.7 Å². The molecule has 0 radical (unpaired) electrons. The number of nitrogens with one attached hydrogen (secondary N) is 1. The van der Waals surface area contributed by atoms with Crippen LogP contribution in [0.25, 0.3) is 0 Å². The van der Waals surface area contributed by atoms with Crippen LogP contribution in [-0.2, 0) is 19.4 Å². The summed E-state index contributed by atoms with van der Waals surface area (Å²) < 4.78 is 20.0. The highest BCUT2D eigenvalue weighted by Gasteiger charge is 1.90. The van der Waals surface area contributed by atoms with Gasteiger partial charge >= 0.3 is 0 Å². The Kier molecular flexibility index (Phi) is 82.4. The highest BCUT2D eigenvalue weighted by molar-refractivity contribution is 7.90. The molecule has 0 aromatic heterocycles. The van der Waals surface area contributed by atoms with Gasteiger partial charge in [-0.2, -0.15) is 0 Å². The number of nitrogens with two attached hydrogens (primary N) is 3. The third-order valence-electron chi connectivity index (χ3n) is 2.23. The molecule has 0 heterocycles. The van der Waals surface area contributed by atoms with E-state index in [0.717, 1.165) is 13.0 Å². The number of amides is 2. The van der Waals surface area contributed by atoms with Crippen molar-refractivity contribution < 1.29 is 28.2 Å². The molecule has 0 aliphatic carbocycles. The van der Waals surface area contributed by atoms with Gasteiger partial charge in [-0.05, 0) is 34.1 Å². The number of guanidine groups is 1. The normalized spacial score (nSPS) is 8.75. The minimum Gasteiger partial charge on any atom is -0.397 e. The molecule has 36 heavy (non-hydrogen) atoms. The molecule has 0 aromatic rings. The van der Waals surface area contributed by atoms with Crippen molar-refractivity contribution in [2.24, 2.45) is 22.2 Å². The monoisotopic (exact) mass is 549 g/mol. The third-order valence-corrected chi connectivity index (χ3v) is 3.28. The highest BCUT2D eigenvalue weighted by atomic mass is 32.2. The second-order valence-corrected chi connectivity index (χ2v) is 8.73. The van der Waals surface area contributed by atoms with E-state index in [1.54, 1.807) is 27.7 Å². The van der Waals surface area contributed by atoms with Gasteiger partial charge in [-0.3, -0.25) is 14.6 Å². The lowest BCUT2D eigenvalue weighted by atomic mass is 10.3. The largest absolute Gasteiger partial charge is 0.397 e. The molecule has 0 rings (SSSR count). The van der Waals surface area contributed by atoms with Gasteiger partial charge in [-0.25, -0.2) is 8.42 Å². The minimum atomic E-state index is -2.66. The molecule has 0 saturated carbocycles. The predicted octanol–water partition coefficient (Wildman–Crippen LogP) is 2.57. The van der Waals surface area contributed by atoms with Crippen LogP contribution >= 0.6 is 0 Å². The summed E-state index contributed by atoms with van der Waals surface area (Å²) in [5, 5.41) is 18.5. The van der Waals surface area contributed by atoms with Crippen molar-refractivity contribution in [3.8, 4) is 0 Å². The fourth-order valence-corrected chi connectivity index (χ4v) is 0.432. The van der Waals surface area contributed by atoms with Crippen LogP contribution in [-0.4, -0.2) is 74.2 Å². The first-order valence-electron chi connectivity index (χ1n) is 12.5. The number of hydrogen-bond acceptors (Lipinski definition) is 7. The van der Waals surface area contributed by atoms with Crippen molar-refractivity contribution in [3.05, 3.63) is 0 Å². The Hall–Kier alpha value is -1.92. The van der Waals surface area contributed by atoms with Crippen LogP contribution in [0, 0.1) is 0 Å². The molecule has 0 aliphatic heterocycles. The Balaban J connectivity index is -0.0000000424. The number of carbonyl (C=O) groups is 2. The number of nitrogens with zero attached hydrogens (tertiary/aromatic N) is 1. The van der Waals surface area contributed by atoms with E-state index >= 15 is 0 Å². The lowest BCUT2D eigenvalue weighted by Gasteiger charge is -1.90. The molecule has 0 fully saturated rings. The maximum Gasteiger partial charge on any atom is 0.217 e. The number of primary amides is 1. The topological polar surface area (TPSA) is 211 Å². The average molecular weight is 550 g/mol. The van der Waals surface area contributed by atoms with Crippen molar-refractivity contribution in [1.29, 1.82) is 0 Å². The molecule has 0 aliphatic rings. The van der Waals surface area contributed by atoms with Gasteiger partial charge in [-0.1, -0.05) is 54.9 Å². The Morgan fingerprint density at radius 1 is 0.944 bits per heavy atom. The van der Waals surface area contributed by atoms with E-state index < -0.39 is 9.84 Å². The molecule has 11 nitrogen and oxygen atoms in total. The second-order valence-electron chi connectivity index (χ2n) is 6.30. The van der Waals surface area contributed by atoms with Crippen molar-refractivity contribution in [2.45, 2.75) is 108 Å². The zero-order valence-electron chi connectivity index (χ0n) is 25.6. The van der Waals surface area contributed by atoms with Crippen LogP contribution in [0.15, 0.2) is 4.99 Å². The molecule has 226 valence electrons. The van der Waals surface area contributed by atoms with E-state index in [9.17, 15) is 18.0 Å². The smallest absolute Gasteiger partial charge is 0.217 e. The number of hydrogen-bond donors (Lipinski definition) is 6. The number of aliphatic imine (C=N–C) groups is 1. The average Bonchev–Trinajstić information content (AvgIpc) is 2.77. The number of aliphatic hydroxyl groups excluding tert-OH is 2. The van der Waals surface area contributed by atoms with E-state index in [-0.39, 0.29) is 36.2 Å². The third kappa shape index (κ3) is 252. The molecule has 2 amide bonds. The SMILES string of the molecule is CC.CCC.CCC(C)O.CCC(N)=O.CCN=C(N)N.CCNC(C)=O.CCO.CCS(C)(=O)=O. The van der Waals surface area contributed by atoms with Crippen LogP contribution in [0.1, 0.15) is 102 Å². The summed E-state index contributed by atoms with van der Waals surface area (Å²) in [7, 11) is -2.66.